The molecule has 3 heterocycles. The molecule has 0 unspecified atom stereocenters. The van der Waals surface area contributed by atoms with Gasteiger partial charge in [-0.15, -0.1) is 12.4 Å². The van der Waals surface area contributed by atoms with Crippen LogP contribution in [-0.4, -0.2) is 36.7 Å². The average molecular weight is 337 g/mol. The molecule has 1 spiro atoms. The Morgan fingerprint density at radius 2 is 1.96 bits per heavy atom. The number of hydrogen-bond donors (Lipinski definition) is 1. The zero-order valence-electron chi connectivity index (χ0n) is 14.4. The summed E-state index contributed by atoms with van der Waals surface area (Å²) in [5.74, 6) is 1.09. The molecule has 1 N–H and O–H groups in total. The van der Waals surface area contributed by atoms with Gasteiger partial charge in [0.25, 0.3) is 0 Å². The minimum absolute atomic E-state index is 0. The van der Waals surface area contributed by atoms with Crippen molar-refractivity contribution in [3.8, 4) is 5.75 Å². The molecular weight excluding hydrogens is 308 g/mol. The maximum absolute atomic E-state index is 5.99. The van der Waals surface area contributed by atoms with E-state index in [2.05, 4.69) is 42.3 Å². The number of likely N-dealkylation sites (tertiary alicyclic amines) is 1. The maximum Gasteiger partial charge on any atom is 0.123 e. The van der Waals surface area contributed by atoms with E-state index >= 15 is 0 Å². The van der Waals surface area contributed by atoms with Crippen LogP contribution in [0.5, 0.6) is 5.75 Å². The maximum atomic E-state index is 5.99. The molecule has 0 bridgehead atoms. The molecule has 1 aromatic carbocycles. The van der Waals surface area contributed by atoms with Gasteiger partial charge in [-0.05, 0) is 75.4 Å². The van der Waals surface area contributed by atoms with E-state index in [1.54, 1.807) is 0 Å². The van der Waals surface area contributed by atoms with E-state index in [9.17, 15) is 0 Å². The highest BCUT2D eigenvalue weighted by atomic mass is 35.5. The van der Waals surface area contributed by atoms with Crippen molar-refractivity contribution < 1.29 is 4.74 Å². The Kier molecular flexibility index (Phi) is 4.65. The third kappa shape index (κ3) is 3.52. The summed E-state index contributed by atoms with van der Waals surface area (Å²) in [7, 11) is 0. The topological polar surface area (TPSA) is 24.5 Å². The van der Waals surface area contributed by atoms with Crippen LogP contribution in [0.15, 0.2) is 18.2 Å². The van der Waals surface area contributed by atoms with Crippen LogP contribution in [0, 0.1) is 5.41 Å². The summed E-state index contributed by atoms with van der Waals surface area (Å²) in [6.45, 7) is 10.4. The lowest BCUT2D eigenvalue weighted by atomic mass is 9.78. The molecule has 1 aromatic rings. The molecule has 0 radical (unpaired) electrons. The number of benzene rings is 1. The molecule has 0 saturated carbocycles. The Morgan fingerprint density at radius 1 is 1.17 bits per heavy atom. The van der Waals surface area contributed by atoms with E-state index < -0.39 is 0 Å². The predicted molar refractivity (Wildman–Crippen MR) is 96.5 cm³/mol. The lowest BCUT2D eigenvalue weighted by molar-refractivity contribution is 0.138. The zero-order valence-corrected chi connectivity index (χ0v) is 15.2. The van der Waals surface area contributed by atoms with Crippen LogP contribution in [0.4, 0.5) is 0 Å². The second kappa shape index (κ2) is 6.27. The lowest BCUT2D eigenvalue weighted by Gasteiger charge is -2.34. The van der Waals surface area contributed by atoms with Gasteiger partial charge in [0, 0.05) is 19.5 Å². The number of fused-ring (bicyclic) bond motifs is 1. The molecule has 4 rings (SSSR count). The van der Waals surface area contributed by atoms with E-state index in [-0.39, 0.29) is 18.0 Å². The highest BCUT2D eigenvalue weighted by Crippen LogP contribution is 2.40. The number of ether oxygens (including phenoxy) is 1. The van der Waals surface area contributed by atoms with Gasteiger partial charge in [0.2, 0.25) is 0 Å². The number of piperidine rings is 1. The molecule has 0 atom stereocenters. The Hall–Kier alpha value is -0.770. The molecule has 2 fully saturated rings. The van der Waals surface area contributed by atoms with Crippen molar-refractivity contribution in [1.82, 2.24) is 10.2 Å². The van der Waals surface area contributed by atoms with Gasteiger partial charge in [0.1, 0.15) is 11.4 Å². The smallest absolute Gasteiger partial charge is 0.123 e. The second-order valence-electron chi connectivity index (χ2n) is 8.19. The molecule has 23 heavy (non-hydrogen) atoms. The quantitative estimate of drug-likeness (QED) is 0.895. The summed E-state index contributed by atoms with van der Waals surface area (Å²) in [5, 5.41) is 3.50. The molecule has 0 aromatic heterocycles. The molecule has 2 saturated heterocycles. The van der Waals surface area contributed by atoms with Gasteiger partial charge in [-0.3, -0.25) is 4.90 Å². The van der Waals surface area contributed by atoms with Crippen molar-refractivity contribution in [3.63, 3.8) is 0 Å². The first-order valence-corrected chi connectivity index (χ1v) is 8.78. The van der Waals surface area contributed by atoms with Gasteiger partial charge in [-0.2, -0.15) is 0 Å². The van der Waals surface area contributed by atoms with Crippen LogP contribution in [0.2, 0.25) is 0 Å². The first-order valence-electron chi connectivity index (χ1n) is 8.78. The molecule has 3 aliphatic heterocycles. The fourth-order valence-electron chi connectivity index (χ4n) is 4.55. The van der Waals surface area contributed by atoms with Gasteiger partial charge in [-0.25, -0.2) is 0 Å². The summed E-state index contributed by atoms with van der Waals surface area (Å²) in [4.78, 5) is 2.66. The number of halogens is 1. The SMILES string of the molecule is CC1(C)Cc2cc(CN3CCC4(CCNCC4)C3)ccc2O1.Cl. The van der Waals surface area contributed by atoms with Gasteiger partial charge < -0.3 is 10.1 Å². The van der Waals surface area contributed by atoms with E-state index in [1.165, 1.54) is 56.6 Å². The van der Waals surface area contributed by atoms with Crippen molar-refractivity contribution in [2.45, 2.75) is 51.7 Å². The molecule has 3 nitrogen and oxygen atoms in total. The van der Waals surface area contributed by atoms with Gasteiger partial charge in [0.15, 0.2) is 0 Å². The summed E-state index contributed by atoms with van der Waals surface area (Å²) in [5.41, 5.74) is 3.41. The summed E-state index contributed by atoms with van der Waals surface area (Å²) in [6.07, 6.45) is 5.13. The van der Waals surface area contributed by atoms with Gasteiger partial charge >= 0.3 is 0 Å². The van der Waals surface area contributed by atoms with Gasteiger partial charge in [-0.1, -0.05) is 12.1 Å². The summed E-state index contributed by atoms with van der Waals surface area (Å²) < 4.78 is 5.99. The van der Waals surface area contributed by atoms with Crippen molar-refractivity contribution in [3.05, 3.63) is 29.3 Å². The third-order valence-corrected chi connectivity index (χ3v) is 5.72. The van der Waals surface area contributed by atoms with Crippen LogP contribution < -0.4 is 10.1 Å². The highest BCUT2D eigenvalue weighted by molar-refractivity contribution is 5.85. The first-order chi connectivity index (χ1) is 10.5. The number of nitrogens with zero attached hydrogens (tertiary/aromatic N) is 1. The minimum Gasteiger partial charge on any atom is -0.487 e. The van der Waals surface area contributed by atoms with E-state index in [0.29, 0.717) is 5.41 Å². The van der Waals surface area contributed by atoms with E-state index in [0.717, 1.165) is 18.7 Å². The van der Waals surface area contributed by atoms with E-state index in [4.69, 9.17) is 4.74 Å². The predicted octanol–water partition coefficient (Wildman–Crippen LogP) is 3.40. The highest BCUT2D eigenvalue weighted by Gasteiger charge is 2.38. The van der Waals surface area contributed by atoms with Crippen molar-refractivity contribution in [2.75, 3.05) is 26.2 Å². The second-order valence-corrected chi connectivity index (χ2v) is 8.19. The Bertz CT molecular complexity index is 566. The number of hydrogen-bond acceptors (Lipinski definition) is 3. The summed E-state index contributed by atoms with van der Waals surface area (Å²) >= 11 is 0. The molecule has 0 aliphatic carbocycles. The summed E-state index contributed by atoms with van der Waals surface area (Å²) in [6, 6.07) is 6.81. The Morgan fingerprint density at radius 3 is 2.74 bits per heavy atom. The van der Waals surface area contributed by atoms with Crippen LogP contribution in [0.1, 0.15) is 44.2 Å². The largest absolute Gasteiger partial charge is 0.487 e. The molecule has 128 valence electrons. The van der Waals surface area contributed by atoms with Crippen molar-refractivity contribution >= 4 is 12.4 Å². The van der Waals surface area contributed by atoms with Crippen LogP contribution in [0.25, 0.3) is 0 Å². The fraction of sp³-hybridized carbons (Fsp3) is 0.684. The monoisotopic (exact) mass is 336 g/mol. The molecule has 4 heteroatoms. The van der Waals surface area contributed by atoms with Crippen molar-refractivity contribution in [2.24, 2.45) is 5.41 Å². The fourth-order valence-corrected chi connectivity index (χ4v) is 4.55. The average Bonchev–Trinajstić information content (AvgIpc) is 2.99. The van der Waals surface area contributed by atoms with Crippen LogP contribution in [-0.2, 0) is 13.0 Å². The number of rotatable bonds is 2. The lowest BCUT2D eigenvalue weighted by Crippen LogP contribution is -2.38. The zero-order chi connectivity index (χ0) is 15.2. The molecular formula is C19H29ClN2O. The Labute approximate surface area is 146 Å². The van der Waals surface area contributed by atoms with E-state index in [1.807, 2.05) is 0 Å². The van der Waals surface area contributed by atoms with Crippen LogP contribution >= 0.6 is 12.4 Å². The van der Waals surface area contributed by atoms with Gasteiger partial charge in [0.05, 0.1) is 0 Å². The normalized spacial score (nSPS) is 25.0. The Balaban J connectivity index is 0.00000156. The third-order valence-electron chi connectivity index (χ3n) is 5.72. The molecule has 0 amide bonds. The molecule has 3 aliphatic rings. The standard InChI is InChI=1S/C19H28N2O.ClH/c1-18(2)12-16-11-15(3-4-17(16)22-18)13-21-10-7-19(14-21)5-8-20-9-6-19;/h3-4,11,20H,5-10,12-14H2,1-2H3;1H. The minimum atomic E-state index is -0.0340. The van der Waals surface area contributed by atoms with Crippen molar-refractivity contribution in [1.29, 1.82) is 0 Å². The van der Waals surface area contributed by atoms with Crippen LogP contribution in [0.3, 0.4) is 0 Å². The first kappa shape index (κ1) is 17.1. The number of nitrogens with one attached hydrogen (secondary N) is 1.